The summed E-state index contributed by atoms with van der Waals surface area (Å²) in [5.41, 5.74) is 7.76. The van der Waals surface area contributed by atoms with Crippen molar-refractivity contribution >= 4 is 16.9 Å². The minimum absolute atomic E-state index is 0.0172. The molecule has 4 N–H and O–H groups in total. The molecule has 0 radical (unpaired) electrons. The number of aromatic amines is 1. The van der Waals surface area contributed by atoms with E-state index in [2.05, 4.69) is 27.4 Å². The Balaban J connectivity index is 2.11. The number of aryl methyl sites for hydroxylation is 1. The van der Waals surface area contributed by atoms with E-state index >= 15 is 0 Å². The van der Waals surface area contributed by atoms with Crippen LogP contribution in [0.15, 0.2) is 12.3 Å². The van der Waals surface area contributed by atoms with E-state index in [0.717, 1.165) is 30.3 Å². The van der Waals surface area contributed by atoms with Crippen LogP contribution in [0, 0.1) is 6.92 Å². The van der Waals surface area contributed by atoms with Crippen LogP contribution >= 0.6 is 0 Å². The lowest BCUT2D eigenvalue weighted by molar-refractivity contribution is 0.0935. The predicted molar refractivity (Wildman–Crippen MR) is 78.5 cm³/mol. The summed E-state index contributed by atoms with van der Waals surface area (Å²) in [6.07, 6.45) is 4.60. The van der Waals surface area contributed by atoms with E-state index in [1.807, 2.05) is 13.0 Å². The normalized spacial score (nSPS) is 12.6. The van der Waals surface area contributed by atoms with Gasteiger partial charge < -0.3 is 11.1 Å². The molecule has 1 unspecified atom stereocenters. The minimum Gasteiger partial charge on any atom is -0.348 e. The molecule has 108 valence electrons. The molecule has 1 amide bonds. The number of nitrogens with two attached hydrogens (primary N) is 1. The van der Waals surface area contributed by atoms with Crippen LogP contribution in [0.25, 0.3) is 11.0 Å². The van der Waals surface area contributed by atoms with Crippen molar-refractivity contribution in [2.75, 3.05) is 6.54 Å². The molecular weight excluding hydrogens is 254 g/mol. The molecule has 1 atom stereocenters. The number of rotatable bonds is 6. The molecule has 0 aliphatic carbocycles. The Morgan fingerprint density at radius 3 is 3.05 bits per heavy atom. The van der Waals surface area contributed by atoms with Gasteiger partial charge >= 0.3 is 0 Å². The van der Waals surface area contributed by atoms with E-state index in [9.17, 15) is 4.79 Å². The van der Waals surface area contributed by atoms with E-state index < -0.39 is 0 Å². The quantitative estimate of drug-likeness (QED) is 0.744. The average Bonchev–Trinajstić information content (AvgIpc) is 2.84. The maximum atomic E-state index is 12.2. The minimum atomic E-state index is -0.133. The number of unbranched alkanes of at least 4 members (excludes halogenated alkanes) is 1. The summed E-state index contributed by atoms with van der Waals surface area (Å²) in [6.45, 7) is 4.48. The van der Waals surface area contributed by atoms with Crippen LogP contribution in [0.2, 0.25) is 0 Å². The summed E-state index contributed by atoms with van der Waals surface area (Å²) in [6, 6.07) is 1.83. The number of H-pyrrole nitrogens is 1. The molecule has 0 saturated carbocycles. The molecule has 0 aromatic carbocycles. The summed E-state index contributed by atoms with van der Waals surface area (Å²) >= 11 is 0. The molecule has 0 aliphatic heterocycles. The second-order valence-corrected chi connectivity index (χ2v) is 4.99. The Kier molecular flexibility index (Phi) is 4.68. The molecule has 20 heavy (non-hydrogen) atoms. The van der Waals surface area contributed by atoms with Gasteiger partial charge in [-0.1, -0.05) is 19.8 Å². The summed E-state index contributed by atoms with van der Waals surface area (Å²) in [5, 5.41) is 10.7. The van der Waals surface area contributed by atoms with Crippen LogP contribution in [0.5, 0.6) is 0 Å². The Morgan fingerprint density at radius 2 is 2.35 bits per heavy atom. The molecule has 2 aromatic heterocycles. The number of hydrogen-bond acceptors (Lipinski definition) is 4. The Morgan fingerprint density at radius 1 is 1.55 bits per heavy atom. The standard InChI is InChI=1S/C14H21N5O/c1-3-4-5-11(7-15)17-14(20)10-6-12-9(2)18-19-13(12)16-8-10/h6,8,11H,3-5,7,15H2,1-2H3,(H,17,20)(H,16,18,19). The van der Waals surface area contributed by atoms with Crippen molar-refractivity contribution in [1.82, 2.24) is 20.5 Å². The molecule has 0 saturated heterocycles. The third kappa shape index (κ3) is 3.14. The molecule has 0 aliphatic rings. The largest absolute Gasteiger partial charge is 0.348 e. The smallest absolute Gasteiger partial charge is 0.253 e. The topological polar surface area (TPSA) is 96.7 Å². The highest BCUT2D eigenvalue weighted by atomic mass is 16.1. The van der Waals surface area contributed by atoms with E-state index in [0.29, 0.717) is 17.8 Å². The predicted octanol–water partition coefficient (Wildman–Crippen LogP) is 1.51. The van der Waals surface area contributed by atoms with Gasteiger partial charge in [0.2, 0.25) is 0 Å². The highest BCUT2D eigenvalue weighted by Gasteiger charge is 2.14. The number of aromatic nitrogens is 3. The van der Waals surface area contributed by atoms with Gasteiger partial charge in [-0.15, -0.1) is 0 Å². The number of pyridine rings is 1. The summed E-state index contributed by atoms with van der Waals surface area (Å²) in [4.78, 5) is 16.4. The Labute approximate surface area is 118 Å². The lowest BCUT2D eigenvalue weighted by Gasteiger charge is -2.16. The number of nitrogens with one attached hydrogen (secondary N) is 2. The first-order valence-corrected chi connectivity index (χ1v) is 6.97. The fraction of sp³-hybridized carbons (Fsp3) is 0.500. The third-order valence-electron chi connectivity index (χ3n) is 3.39. The lowest BCUT2D eigenvalue weighted by Crippen LogP contribution is -2.40. The van der Waals surface area contributed by atoms with Crippen LogP contribution < -0.4 is 11.1 Å². The zero-order chi connectivity index (χ0) is 14.5. The van der Waals surface area contributed by atoms with Crippen molar-refractivity contribution in [3.05, 3.63) is 23.5 Å². The molecule has 0 spiro atoms. The lowest BCUT2D eigenvalue weighted by atomic mass is 10.1. The molecule has 2 heterocycles. The average molecular weight is 275 g/mol. The summed E-state index contributed by atoms with van der Waals surface area (Å²) in [5.74, 6) is -0.133. The van der Waals surface area contributed by atoms with Gasteiger partial charge in [0.1, 0.15) is 0 Å². The third-order valence-corrected chi connectivity index (χ3v) is 3.39. The number of hydrogen-bond donors (Lipinski definition) is 3. The van der Waals surface area contributed by atoms with Gasteiger partial charge in [-0.05, 0) is 19.4 Å². The van der Waals surface area contributed by atoms with Crippen molar-refractivity contribution in [3.8, 4) is 0 Å². The number of nitrogens with zero attached hydrogens (tertiary/aromatic N) is 2. The molecule has 6 nitrogen and oxygen atoms in total. The van der Waals surface area contributed by atoms with E-state index in [1.54, 1.807) is 6.20 Å². The zero-order valence-corrected chi connectivity index (χ0v) is 11.9. The molecular formula is C14H21N5O. The van der Waals surface area contributed by atoms with Crippen molar-refractivity contribution in [1.29, 1.82) is 0 Å². The Bertz CT molecular complexity index is 592. The molecule has 0 bridgehead atoms. The van der Waals surface area contributed by atoms with Crippen LogP contribution in [0.3, 0.4) is 0 Å². The van der Waals surface area contributed by atoms with Crippen molar-refractivity contribution in [2.45, 2.75) is 39.2 Å². The van der Waals surface area contributed by atoms with Crippen LogP contribution in [0.1, 0.15) is 42.2 Å². The van der Waals surface area contributed by atoms with Gasteiger partial charge in [-0.25, -0.2) is 4.98 Å². The maximum Gasteiger partial charge on any atom is 0.253 e. The first kappa shape index (κ1) is 14.5. The second-order valence-electron chi connectivity index (χ2n) is 4.99. The zero-order valence-electron chi connectivity index (χ0n) is 11.9. The first-order valence-electron chi connectivity index (χ1n) is 6.97. The SMILES string of the molecule is CCCCC(CN)NC(=O)c1cnc2n[nH]c(C)c2c1. The van der Waals surface area contributed by atoms with Crippen molar-refractivity contribution in [3.63, 3.8) is 0 Å². The molecule has 6 heteroatoms. The van der Waals surface area contributed by atoms with E-state index in [4.69, 9.17) is 5.73 Å². The fourth-order valence-electron chi connectivity index (χ4n) is 2.11. The van der Waals surface area contributed by atoms with Gasteiger partial charge in [0.25, 0.3) is 5.91 Å². The number of fused-ring (bicyclic) bond motifs is 1. The van der Waals surface area contributed by atoms with Gasteiger partial charge in [-0.2, -0.15) is 5.10 Å². The number of carbonyl (C=O) groups is 1. The molecule has 2 aromatic rings. The fourth-order valence-corrected chi connectivity index (χ4v) is 2.11. The monoisotopic (exact) mass is 275 g/mol. The van der Waals surface area contributed by atoms with Crippen LogP contribution in [-0.2, 0) is 0 Å². The summed E-state index contributed by atoms with van der Waals surface area (Å²) < 4.78 is 0. The van der Waals surface area contributed by atoms with E-state index in [1.165, 1.54) is 0 Å². The maximum absolute atomic E-state index is 12.2. The highest BCUT2D eigenvalue weighted by Crippen LogP contribution is 2.14. The molecule has 2 rings (SSSR count). The second kappa shape index (κ2) is 6.47. The summed E-state index contributed by atoms with van der Waals surface area (Å²) in [7, 11) is 0. The number of carbonyl (C=O) groups excluding carboxylic acids is 1. The highest BCUT2D eigenvalue weighted by molar-refractivity contribution is 5.97. The molecule has 0 fully saturated rings. The van der Waals surface area contributed by atoms with Crippen LogP contribution in [-0.4, -0.2) is 33.7 Å². The van der Waals surface area contributed by atoms with Gasteiger partial charge in [-0.3, -0.25) is 9.89 Å². The van der Waals surface area contributed by atoms with Gasteiger partial charge in [0.15, 0.2) is 5.65 Å². The van der Waals surface area contributed by atoms with Crippen LogP contribution in [0.4, 0.5) is 0 Å². The van der Waals surface area contributed by atoms with E-state index in [-0.39, 0.29) is 11.9 Å². The van der Waals surface area contributed by atoms with Gasteiger partial charge in [0.05, 0.1) is 5.56 Å². The van der Waals surface area contributed by atoms with Gasteiger partial charge in [0, 0.05) is 29.9 Å². The first-order chi connectivity index (χ1) is 9.65. The van der Waals surface area contributed by atoms with Crippen molar-refractivity contribution < 1.29 is 4.79 Å². The number of amides is 1. The Hall–Kier alpha value is -1.95. The van der Waals surface area contributed by atoms with Crippen molar-refractivity contribution in [2.24, 2.45) is 5.73 Å².